The molecule has 1 N–H and O–H groups in total. The fourth-order valence-electron chi connectivity index (χ4n) is 1.89. The van der Waals surface area contributed by atoms with E-state index in [4.69, 9.17) is 0 Å². The normalized spacial score (nSPS) is 14.2. The molecule has 0 saturated heterocycles. The third-order valence-corrected chi connectivity index (χ3v) is 4.25. The molecule has 1 aromatic rings. The summed E-state index contributed by atoms with van der Waals surface area (Å²) in [7, 11) is 5.49. The minimum absolute atomic E-state index is 0.100. The van der Waals surface area contributed by atoms with Crippen LogP contribution in [0, 0.1) is 0 Å². The summed E-state index contributed by atoms with van der Waals surface area (Å²) in [5.74, 6) is 0.100. The first-order valence-corrected chi connectivity index (χ1v) is 7.70. The molecule has 1 aromatic carbocycles. The summed E-state index contributed by atoms with van der Waals surface area (Å²) in [6.45, 7) is 1.28. The maximum Gasteiger partial charge on any atom is 0.241 e. The summed E-state index contributed by atoms with van der Waals surface area (Å²) < 4.78 is 1.09. The number of carbonyl (C=O) groups excluding carboxylic acids is 1. The molecule has 0 aliphatic heterocycles. The second kappa shape index (κ2) is 6.59. The number of benzene rings is 1. The molecule has 20 heavy (non-hydrogen) atoms. The van der Waals surface area contributed by atoms with Gasteiger partial charge < -0.3 is 15.1 Å². The molecule has 110 valence electrons. The van der Waals surface area contributed by atoms with Crippen molar-refractivity contribution in [2.24, 2.45) is 0 Å². The highest BCUT2D eigenvalue weighted by Crippen LogP contribution is 2.25. The van der Waals surface area contributed by atoms with Gasteiger partial charge in [0, 0.05) is 43.9 Å². The van der Waals surface area contributed by atoms with Crippen LogP contribution in [-0.4, -0.2) is 44.5 Å². The highest BCUT2D eigenvalue weighted by atomic mass is 79.9. The van der Waals surface area contributed by atoms with Crippen LogP contribution in [0.1, 0.15) is 18.4 Å². The Balaban J connectivity index is 1.97. The van der Waals surface area contributed by atoms with Crippen LogP contribution in [0.4, 0.5) is 5.69 Å². The Hall–Kier alpha value is -1.07. The van der Waals surface area contributed by atoms with E-state index in [1.165, 1.54) is 18.4 Å². The predicted molar refractivity (Wildman–Crippen MR) is 86.0 cm³/mol. The minimum atomic E-state index is 0.100. The number of likely N-dealkylation sites (N-methyl/N-ethyl adjacent to an activating group) is 2. The van der Waals surface area contributed by atoms with Crippen molar-refractivity contribution in [1.82, 2.24) is 10.2 Å². The largest absolute Gasteiger partial charge is 0.365 e. The third-order valence-electron chi connectivity index (χ3n) is 3.51. The fraction of sp³-hybridized carbons (Fsp3) is 0.533. The van der Waals surface area contributed by atoms with Crippen molar-refractivity contribution in [2.45, 2.75) is 25.4 Å². The van der Waals surface area contributed by atoms with Crippen LogP contribution in [0.2, 0.25) is 0 Å². The molecule has 1 saturated carbocycles. The van der Waals surface area contributed by atoms with Crippen molar-refractivity contribution in [3.63, 3.8) is 0 Å². The number of rotatable bonds is 6. The van der Waals surface area contributed by atoms with Crippen LogP contribution in [0.15, 0.2) is 22.7 Å². The number of nitrogens with zero attached hydrogens (tertiary/aromatic N) is 2. The van der Waals surface area contributed by atoms with Crippen LogP contribution in [0.3, 0.4) is 0 Å². The van der Waals surface area contributed by atoms with Crippen molar-refractivity contribution in [3.8, 4) is 0 Å². The molecule has 0 aromatic heterocycles. The number of halogens is 1. The van der Waals surface area contributed by atoms with Gasteiger partial charge >= 0.3 is 0 Å². The second-order valence-electron chi connectivity index (χ2n) is 5.58. The number of carbonyl (C=O) groups is 1. The van der Waals surface area contributed by atoms with Crippen LogP contribution in [0.25, 0.3) is 0 Å². The van der Waals surface area contributed by atoms with E-state index in [0.717, 1.165) is 16.7 Å². The van der Waals surface area contributed by atoms with E-state index >= 15 is 0 Å². The highest BCUT2D eigenvalue weighted by Gasteiger charge is 2.20. The zero-order valence-corrected chi connectivity index (χ0v) is 13.9. The molecule has 4 nitrogen and oxygen atoms in total. The predicted octanol–water partition coefficient (Wildman–Crippen LogP) is 2.23. The Bertz CT molecular complexity index is 486. The van der Waals surface area contributed by atoms with Crippen LogP contribution >= 0.6 is 15.9 Å². The molecule has 1 fully saturated rings. The van der Waals surface area contributed by atoms with Gasteiger partial charge in [-0.15, -0.1) is 0 Å². The zero-order valence-electron chi connectivity index (χ0n) is 12.3. The molecule has 0 heterocycles. The lowest BCUT2D eigenvalue weighted by Crippen LogP contribution is -2.34. The lowest BCUT2D eigenvalue weighted by Gasteiger charge is -2.21. The van der Waals surface area contributed by atoms with Crippen molar-refractivity contribution < 1.29 is 4.79 Å². The Kier molecular flexibility index (Phi) is 5.05. The lowest BCUT2D eigenvalue weighted by molar-refractivity contribution is -0.127. The van der Waals surface area contributed by atoms with Crippen LogP contribution in [0.5, 0.6) is 0 Å². The Morgan fingerprint density at radius 3 is 2.60 bits per heavy atom. The molecule has 0 atom stereocenters. The van der Waals surface area contributed by atoms with Crippen molar-refractivity contribution in [3.05, 3.63) is 28.2 Å². The number of nitrogens with one attached hydrogen (secondary N) is 1. The SMILES string of the molecule is CN(C)C(=O)CN(C)c1ccc(CNC2CC2)c(Br)c1. The summed E-state index contributed by atoms with van der Waals surface area (Å²) >= 11 is 3.62. The smallest absolute Gasteiger partial charge is 0.241 e. The standard InChI is InChI=1S/C15H22BrN3O/c1-18(2)15(20)10-19(3)13-7-4-11(14(16)8-13)9-17-12-5-6-12/h4,7-8,12,17H,5-6,9-10H2,1-3H3. The second-order valence-corrected chi connectivity index (χ2v) is 6.43. The number of amides is 1. The van der Waals surface area contributed by atoms with Gasteiger partial charge in [0.05, 0.1) is 6.54 Å². The topological polar surface area (TPSA) is 35.6 Å². The zero-order chi connectivity index (χ0) is 14.7. The van der Waals surface area contributed by atoms with Gasteiger partial charge in [0.2, 0.25) is 5.91 Å². The maximum atomic E-state index is 11.7. The molecular weight excluding hydrogens is 318 g/mol. The van der Waals surface area contributed by atoms with E-state index in [1.807, 2.05) is 11.9 Å². The Morgan fingerprint density at radius 2 is 2.05 bits per heavy atom. The molecule has 0 spiro atoms. The van der Waals surface area contributed by atoms with E-state index in [1.54, 1.807) is 19.0 Å². The average molecular weight is 340 g/mol. The van der Waals surface area contributed by atoms with Crippen molar-refractivity contribution in [1.29, 1.82) is 0 Å². The number of hydrogen-bond donors (Lipinski definition) is 1. The molecule has 1 amide bonds. The van der Waals surface area contributed by atoms with E-state index in [9.17, 15) is 4.79 Å². The Morgan fingerprint density at radius 1 is 1.35 bits per heavy atom. The lowest BCUT2D eigenvalue weighted by atomic mass is 10.2. The van der Waals surface area contributed by atoms with Crippen molar-refractivity contribution >= 4 is 27.5 Å². The number of hydrogen-bond acceptors (Lipinski definition) is 3. The van der Waals surface area contributed by atoms with Gasteiger partial charge in [0.25, 0.3) is 0 Å². The van der Waals surface area contributed by atoms with Gasteiger partial charge in [-0.3, -0.25) is 4.79 Å². The van der Waals surface area contributed by atoms with Gasteiger partial charge in [-0.1, -0.05) is 22.0 Å². The van der Waals surface area contributed by atoms with Gasteiger partial charge in [0.1, 0.15) is 0 Å². The van der Waals surface area contributed by atoms with E-state index in [0.29, 0.717) is 12.6 Å². The summed E-state index contributed by atoms with van der Waals surface area (Å²) in [4.78, 5) is 15.3. The molecule has 1 aliphatic carbocycles. The van der Waals surface area contributed by atoms with E-state index in [2.05, 4.69) is 39.4 Å². The summed E-state index contributed by atoms with van der Waals surface area (Å²) in [6.07, 6.45) is 2.59. The molecule has 0 unspecified atom stereocenters. The summed E-state index contributed by atoms with van der Waals surface area (Å²) in [6, 6.07) is 6.97. The van der Waals surface area contributed by atoms with E-state index in [-0.39, 0.29) is 5.91 Å². The van der Waals surface area contributed by atoms with Gasteiger partial charge in [-0.2, -0.15) is 0 Å². The molecule has 2 rings (SSSR count). The average Bonchev–Trinajstić information content (AvgIpc) is 3.21. The highest BCUT2D eigenvalue weighted by molar-refractivity contribution is 9.10. The third kappa shape index (κ3) is 4.21. The number of anilines is 1. The monoisotopic (exact) mass is 339 g/mol. The van der Waals surface area contributed by atoms with Crippen LogP contribution < -0.4 is 10.2 Å². The van der Waals surface area contributed by atoms with Crippen LogP contribution in [-0.2, 0) is 11.3 Å². The molecule has 0 radical (unpaired) electrons. The first-order chi connectivity index (χ1) is 9.47. The molecule has 0 bridgehead atoms. The van der Waals surface area contributed by atoms with Gasteiger partial charge in [0.15, 0.2) is 0 Å². The quantitative estimate of drug-likeness (QED) is 0.863. The van der Waals surface area contributed by atoms with E-state index < -0.39 is 0 Å². The fourth-order valence-corrected chi connectivity index (χ4v) is 2.40. The maximum absolute atomic E-state index is 11.7. The molecule has 5 heteroatoms. The molecule has 1 aliphatic rings. The molecular formula is C15H22BrN3O. The minimum Gasteiger partial charge on any atom is -0.365 e. The first kappa shape index (κ1) is 15.3. The first-order valence-electron chi connectivity index (χ1n) is 6.90. The van der Waals surface area contributed by atoms with Crippen molar-refractivity contribution in [2.75, 3.05) is 32.6 Å². The van der Waals surface area contributed by atoms with Gasteiger partial charge in [-0.05, 0) is 30.5 Å². The Labute approximate surface area is 129 Å². The summed E-state index contributed by atoms with van der Waals surface area (Å²) in [5.41, 5.74) is 2.30. The van der Waals surface area contributed by atoms with Gasteiger partial charge in [-0.25, -0.2) is 0 Å². The summed E-state index contributed by atoms with van der Waals surface area (Å²) in [5, 5.41) is 3.51.